The number of hydrogen-bond acceptors (Lipinski definition) is 5. The Balaban J connectivity index is 1.69. The zero-order valence-electron chi connectivity index (χ0n) is 22.5. The van der Waals surface area contributed by atoms with Crippen LogP contribution in [0.5, 0.6) is 11.5 Å². The van der Waals surface area contributed by atoms with Crippen molar-refractivity contribution in [2.75, 3.05) is 4.90 Å². The molecule has 0 aliphatic rings. The number of carboxylic acids is 1. The fourth-order valence-corrected chi connectivity index (χ4v) is 4.44. The predicted molar refractivity (Wildman–Crippen MR) is 147 cm³/mol. The molecule has 0 fully saturated rings. The summed E-state index contributed by atoms with van der Waals surface area (Å²) in [6.07, 6.45) is -3.45. The largest absolute Gasteiger partial charge is 0.478 e. The van der Waals surface area contributed by atoms with Crippen molar-refractivity contribution in [3.8, 4) is 11.5 Å². The van der Waals surface area contributed by atoms with Gasteiger partial charge in [-0.3, -0.25) is 9.48 Å². The third-order valence-corrected chi connectivity index (χ3v) is 6.38. The molecule has 0 bridgehead atoms. The minimum Gasteiger partial charge on any atom is -0.478 e. The van der Waals surface area contributed by atoms with Crippen LogP contribution in [0.25, 0.3) is 0 Å². The highest BCUT2D eigenvalue weighted by Gasteiger charge is 2.35. The topological polar surface area (TPSA) is 97.6 Å². The number of pyridine rings is 1. The molecule has 0 aliphatic carbocycles. The number of aromatic carboxylic acids is 1. The first-order valence-corrected chi connectivity index (χ1v) is 12.8. The van der Waals surface area contributed by atoms with Crippen LogP contribution in [-0.4, -0.2) is 37.8 Å². The van der Waals surface area contributed by atoms with E-state index >= 15 is 0 Å². The number of carboxylic acid groups (broad SMARTS) is 1. The van der Waals surface area contributed by atoms with Crippen LogP contribution in [0, 0.1) is 13.8 Å². The molecule has 8 nitrogen and oxygen atoms in total. The molecule has 1 N–H and O–H groups in total. The van der Waals surface area contributed by atoms with E-state index in [1.54, 1.807) is 25.5 Å². The van der Waals surface area contributed by atoms with Crippen molar-refractivity contribution in [2.24, 2.45) is 0 Å². The highest BCUT2D eigenvalue weighted by atomic mass is 35.5. The van der Waals surface area contributed by atoms with Gasteiger partial charge in [-0.25, -0.2) is 9.78 Å². The molecule has 2 heterocycles. The zero-order valence-corrected chi connectivity index (χ0v) is 23.3. The maximum absolute atomic E-state index is 14.0. The molecule has 0 unspecified atom stereocenters. The summed E-state index contributed by atoms with van der Waals surface area (Å²) in [5, 5.41) is 14.6. The van der Waals surface area contributed by atoms with Crippen LogP contribution < -0.4 is 9.64 Å². The van der Waals surface area contributed by atoms with E-state index in [0.717, 1.165) is 23.5 Å². The minimum atomic E-state index is -4.75. The summed E-state index contributed by atoms with van der Waals surface area (Å²) < 4.78 is 49.3. The number of alkyl halides is 3. The number of ether oxygens (including phenoxy) is 1. The van der Waals surface area contributed by atoms with E-state index in [1.165, 1.54) is 47.5 Å². The Morgan fingerprint density at radius 1 is 1.07 bits per heavy atom. The van der Waals surface area contributed by atoms with Gasteiger partial charge in [0.2, 0.25) is 0 Å². The van der Waals surface area contributed by atoms with Crippen molar-refractivity contribution < 1.29 is 32.6 Å². The molecule has 0 spiro atoms. The second-order valence-corrected chi connectivity index (χ2v) is 10.1. The van der Waals surface area contributed by atoms with Gasteiger partial charge in [0.15, 0.2) is 0 Å². The Morgan fingerprint density at radius 2 is 1.80 bits per heavy atom. The number of aromatic nitrogens is 3. The average molecular weight is 587 g/mol. The molecule has 0 aliphatic heterocycles. The number of amides is 1. The lowest BCUT2D eigenvalue weighted by molar-refractivity contribution is -0.138. The van der Waals surface area contributed by atoms with Crippen LogP contribution in [0.3, 0.4) is 0 Å². The number of benzene rings is 2. The fourth-order valence-electron chi connectivity index (χ4n) is 4.33. The third kappa shape index (κ3) is 6.68. The lowest BCUT2D eigenvalue weighted by Gasteiger charge is -2.28. The molecule has 4 rings (SSSR count). The fraction of sp³-hybridized carbons (Fsp3) is 0.241. The monoisotopic (exact) mass is 586 g/mol. The summed E-state index contributed by atoms with van der Waals surface area (Å²) in [5.74, 6) is -2.63. The first kappa shape index (κ1) is 29.6. The Morgan fingerprint density at radius 3 is 2.37 bits per heavy atom. The highest BCUT2D eigenvalue weighted by Crippen LogP contribution is 2.40. The molecule has 12 heteroatoms. The van der Waals surface area contributed by atoms with Crippen LogP contribution >= 0.6 is 11.6 Å². The molecule has 2 aromatic carbocycles. The Bertz CT molecular complexity index is 1600. The highest BCUT2D eigenvalue weighted by molar-refractivity contribution is 6.30. The lowest BCUT2D eigenvalue weighted by atomic mass is 10.1. The number of halogens is 4. The van der Waals surface area contributed by atoms with Gasteiger partial charge in [-0.1, -0.05) is 17.7 Å². The number of aryl methyl sites for hydroxylation is 2. The van der Waals surface area contributed by atoms with Gasteiger partial charge in [0.25, 0.3) is 5.91 Å². The zero-order chi connectivity index (χ0) is 30.1. The smallest absolute Gasteiger partial charge is 0.419 e. The Hall–Kier alpha value is -4.38. The molecular formula is C29H26ClF3N4O4. The van der Waals surface area contributed by atoms with E-state index in [9.17, 15) is 27.9 Å². The summed E-state index contributed by atoms with van der Waals surface area (Å²) in [4.78, 5) is 30.7. The maximum Gasteiger partial charge on any atom is 0.419 e. The minimum absolute atomic E-state index is 0.0258. The Kier molecular flexibility index (Phi) is 8.39. The molecule has 214 valence electrons. The molecule has 4 aromatic rings. The number of anilines is 1. The maximum atomic E-state index is 14.0. The van der Waals surface area contributed by atoms with Crippen molar-refractivity contribution in [3.63, 3.8) is 0 Å². The number of carbonyl (C=O) groups excluding carboxylic acids is 1. The predicted octanol–water partition coefficient (Wildman–Crippen LogP) is 7.16. The Labute approximate surface area is 239 Å². The normalized spacial score (nSPS) is 11.5. The summed E-state index contributed by atoms with van der Waals surface area (Å²) in [7, 11) is 0. The SMILES string of the molecule is Cc1cc(C)n(Cc2ccc(Oc3ccc(N(C(=O)c4ccc(Cl)cn4)C(C)C)c(C(=O)O)c3)c(C(F)(F)F)c2)n1. The number of nitrogens with zero attached hydrogens (tertiary/aromatic N) is 4. The summed E-state index contributed by atoms with van der Waals surface area (Å²) in [6, 6.07) is 11.6. The van der Waals surface area contributed by atoms with Crippen molar-refractivity contribution >= 4 is 29.2 Å². The third-order valence-electron chi connectivity index (χ3n) is 6.15. The molecule has 0 saturated carbocycles. The molecule has 0 atom stereocenters. The van der Waals surface area contributed by atoms with Gasteiger partial charge in [-0.15, -0.1) is 0 Å². The lowest BCUT2D eigenvalue weighted by Crippen LogP contribution is -2.38. The molecule has 2 aromatic heterocycles. The van der Waals surface area contributed by atoms with E-state index < -0.39 is 35.4 Å². The van der Waals surface area contributed by atoms with Crippen molar-refractivity contribution in [3.05, 3.63) is 99.6 Å². The van der Waals surface area contributed by atoms with Crippen molar-refractivity contribution in [1.29, 1.82) is 0 Å². The van der Waals surface area contributed by atoms with Crippen LogP contribution in [0.2, 0.25) is 5.02 Å². The second-order valence-electron chi connectivity index (χ2n) is 9.63. The summed E-state index contributed by atoms with van der Waals surface area (Å²) in [5.41, 5.74) is 0.614. The van der Waals surface area contributed by atoms with Crippen molar-refractivity contribution in [2.45, 2.75) is 46.5 Å². The second kappa shape index (κ2) is 11.6. The van der Waals surface area contributed by atoms with Crippen LogP contribution in [0.4, 0.5) is 18.9 Å². The molecular weight excluding hydrogens is 561 g/mol. The number of rotatable bonds is 8. The van der Waals surface area contributed by atoms with E-state index in [2.05, 4.69) is 10.1 Å². The van der Waals surface area contributed by atoms with Gasteiger partial charge >= 0.3 is 12.1 Å². The van der Waals surface area contributed by atoms with Gasteiger partial charge < -0.3 is 14.7 Å². The van der Waals surface area contributed by atoms with Gasteiger partial charge in [0.1, 0.15) is 17.2 Å². The standard InChI is InChI=1S/C29H26ClF3N4O4/c1-16(2)37(27(38)24-8-6-20(30)14-34-24)25-9-7-21(13-22(25)28(39)40)41-26-10-5-19(12-23(26)29(31,32)33)15-36-18(4)11-17(3)35-36/h5-14,16H,15H2,1-4H3,(H,39,40). The number of hydrogen-bond donors (Lipinski definition) is 1. The van der Waals surface area contributed by atoms with Gasteiger partial charge in [-0.2, -0.15) is 18.3 Å². The van der Waals surface area contributed by atoms with E-state index in [0.29, 0.717) is 10.6 Å². The summed E-state index contributed by atoms with van der Waals surface area (Å²) in [6.45, 7) is 7.11. The van der Waals surface area contributed by atoms with E-state index in [1.807, 2.05) is 13.0 Å². The van der Waals surface area contributed by atoms with Crippen molar-refractivity contribution in [1.82, 2.24) is 14.8 Å². The number of carbonyl (C=O) groups is 2. The van der Waals surface area contributed by atoms with Crippen LogP contribution in [0.15, 0.2) is 60.8 Å². The van der Waals surface area contributed by atoms with Gasteiger partial charge in [0.05, 0.1) is 34.1 Å². The molecule has 1 amide bonds. The van der Waals surface area contributed by atoms with Crippen LogP contribution in [0.1, 0.15) is 57.2 Å². The quantitative estimate of drug-likeness (QED) is 0.235. The average Bonchev–Trinajstić information content (AvgIpc) is 3.21. The van der Waals surface area contributed by atoms with E-state index in [-0.39, 0.29) is 29.2 Å². The summed E-state index contributed by atoms with van der Waals surface area (Å²) >= 11 is 5.86. The van der Waals surface area contributed by atoms with Gasteiger partial charge in [0, 0.05) is 17.9 Å². The van der Waals surface area contributed by atoms with E-state index in [4.69, 9.17) is 16.3 Å². The van der Waals surface area contributed by atoms with Gasteiger partial charge in [-0.05, 0) is 81.8 Å². The molecule has 41 heavy (non-hydrogen) atoms. The first-order valence-electron chi connectivity index (χ1n) is 12.5. The molecule has 0 radical (unpaired) electrons. The van der Waals surface area contributed by atoms with Crippen LogP contribution in [-0.2, 0) is 12.7 Å². The molecule has 0 saturated heterocycles. The first-order chi connectivity index (χ1) is 19.2.